The summed E-state index contributed by atoms with van der Waals surface area (Å²) in [5.74, 6) is 0.554. The first kappa shape index (κ1) is 15.1. The molecule has 0 N–H and O–H groups in total. The second kappa shape index (κ2) is 5.79. The number of carbonyl (C=O) groups is 1. The van der Waals surface area contributed by atoms with Gasteiger partial charge in [-0.1, -0.05) is 25.5 Å². The second-order valence-electron chi connectivity index (χ2n) is 6.91. The summed E-state index contributed by atoms with van der Waals surface area (Å²) >= 11 is 0. The topological polar surface area (TPSA) is 31.2 Å². The molecule has 1 aliphatic carbocycles. The van der Waals surface area contributed by atoms with E-state index in [1.807, 2.05) is 0 Å². The predicted octanol–water partition coefficient (Wildman–Crippen LogP) is 3.88. The van der Waals surface area contributed by atoms with Crippen molar-refractivity contribution in [1.29, 1.82) is 0 Å². The van der Waals surface area contributed by atoms with Crippen LogP contribution < -0.4 is 0 Å². The van der Waals surface area contributed by atoms with Crippen molar-refractivity contribution in [2.24, 2.45) is 11.8 Å². The molecule has 22 heavy (non-hydrogen) atoms. The molecule has 3 rings (SSSR count). The molecule has 3 nitrogen and oxygen atoms in total. The molecular formula is C19H25NO2. The summed E-state index contributed by atoms with van der Waals surface area (Å²) in [4.78, 5) is 11.9. The molecule has 0 aliphatic heterocycles. The molecule has 0 radical (unpaired) electrons. The standard InChI is InChI=1S/C19H25NO2/c1-12(2)11-20-17-7-5-13(3)9-15(17)16-10-14(19(21)22-4)6-8-18(16)20/h5,7,9,12,14H,6,8,10-11H2,1-4H3. The Bertz CT molecular complexity index is 712. The minimum atomic E-state index is -0.0666. The number of methoxy groups -OCH3 is 1. The number of carbonyl (C=O) groups excluding carboxylic acids is 1. The maximum Gasteiger partial charge on any atom is 0.309 e. The zero-order chi connectivity index (χ0) is 15.9. The Morgan fingerprint density at radius 1 is 1.41 bits per heavy atom. The molecule has 0 fully saturated rings. The van der Waals surface area contributed by atoms with Crippen molar-refractivity contribution in [3.05, 3.63) is 35.0 Å². The van der Waals surface area contributed by atoms with Gasteiger partial charge in [-0.25, -0.2) is 0 Å². The summed E-state index contributed by atoms with van der Waals surface area (Å²) in [6.07, 6.45) is 2.68. The van der Waals surface area contributed by atoms with E-state index in [1.165, 1.54) is 34.8 Å². The Balaban J connectivity index is 2.12. The van der Waals surface area contributed by atoms with Gasteiger partial charge >= 0.3 is 5.97 Å². The number of aromatic nitrogens is 1. The maximum atomic E-state index is 11.9. The highest BCUT2D eigenvalue weighted by atomic mass is 16.5. The quantitative estimate of drug-likeness (QED) is 0.805. The fourth-order valence-corrected chi connectivity index (χ4v) is 3.71. The minimum Gasteiger partial charge on any atom is -0.469 e. The molecule has 0 bridgehead atoms. The largest absolute Gasteiger partial charge is 0.469 e. The second-order valence-corrected chi connectivity index (χ2v) is 6.91. The molecule has 118 valence electrons. The van der Waals surface area contributed by atoms with E-state index in [9.17, 15) is 4.79 Å². The van der Waals surface area contributed by atoms with Gasteiger partial charge in [-0.15, -0.1) is 0 Å². The number of aryl methyl sites for hydroxylation is 1. The zero-order valence-electron chi connectivity index (χ0n) is 14.0. The molecule has 1 aliphatic rings. The van der Waals surface area contributed by atoms with Crippen LogP contribution in [0.4, 0.5) is 0 Å². The third-order valence-electron chi connectivity index (χ3n) is 4.70. The van der Waals surface area contributed by atoms with E-state index in [0.29, 0.717) is 5.92 Å². The fourth-order valence-electron chi connectivity index (χ4n) is 3.71. The Kier molecular flexibility index (Phi) is 3.98. The highest BCUT2D eigenvalue weighted by Crippen LogP contribution is 2.35. The molecule has 1 aromatic heterocycles. The van der Waals surface area contributed by atoms with Crippen LogP contribution >= 0.6 is 0 Å². The molecule has 2 aromatic rings. The summed E-state index contributed by atoms with van der Waals surface area (Å²) < 4.78 is 7.44. The van der Waals surface area contributed by atoms with Crippen molar-refractivity contribution >= 4 is 16.9 Å². The molecule has 1 heterocycles. The average molecular weight is 299 g/mol. The molecule has 1 atom stereocenters. The first-order valence-electron chi connectivity index (χ1n) is 8.19. The van der Waals surface area contributed by atoms with E-state index in [1.54, 1.807) is 0 Å². The van der Waals surface area contributed by atoms with Crippen LogP contribution in [-0.4, -0.2) is 17.6 Å². The lowest BCUT2D eigenvalue weighted by molar-refractivity contribution is -0.145. The van der Waals surface area contributed by atoms with Gasteiger partial charge < -0.3 is 9.30 Å². The van der Waals surface area contributed by atoms with Crippen LogP contribution in [-0.2, 0) is 28.9 Å². The number of hydrogen-bond acceptors (Lipinski definition) is 2. The first-order chi connectivity index (χ1) is 10.5. The van der Waals surface area contributed by atoms with E-state index in [-0.39, 0.29) is 11.9 Å². The summed E-state index contributed by atoms with van der Waals surface area (Å²) in [6.45, 7) is 7.68. The number of benzene rings is 1. The van der Waals surface area contributed by atoms with Crippen molar-refractivity contribution in [2.75, 3.05) is 7.11 Å². The fraction of sp³-hybridized carbons (Fsp3) is 0.526. The van der Waals surface area contributed by atoms with Crippen LogP contribution in [0, 0.1) is 18.8 Å². The van der Waals surface area contributed by atoms with Crippen LogP contribution in [0.25, 0.3) is 10.9 Å². The summed E-state index contributed by atoms with van der Waals surface area (Å²) in [7, 11) is 1.49. The minimum absolute atomic E-state index is 0.0103. The van der Waals surface area contributed by atoms with Crippen LogP contribution in [0.3, 0.4) is 0 Å². The van der Waals surface area contributed by atoms with Crippen molar-refractivity contribution in [3.63, 3.8) is 0 Å². The van der Waals surface area contributed by atoms with Crippen molar-refractivity contribution in [3.8, 4) is 0 Å². The van der Waals surface area contributed by atoms with E-state index in [0.717, 1.165) is 25.8 Å². The normalized spacial score (nSPS) is 17.8. The van der Waals surface area contributed by atoms with Gasteiger partial charge in [-0.2, -0.15) is 0 Å². The monoisotopic (exact) mass is 299 g/mol. The Hall–Kier alpha value is -1.77. The van der Waals surface area contributed by atoms with Gasteiger partial charge in [0.25, 0.3) is 0 Å². The van der Waals surface area contributed by atoms with E-state index >= 15 is 0 Å². The van der Waals surface area contributed by atoms with E-state index in [4.69, 9.17) is 4.74 Å². The number of esters is 1. The van der Waals surface area contributed by atoms with Gasteiger partial charge in [0.05, 0.1) is 13.0 Å². The molecule has 0 saturated heterocycles. The molecule has 0 amide bonds. The molecule has 1 unspecified atom stereocenters. The molecule has 1 aromatic carbocycles. The molecular weight excluding hydrogens is 274 g/mol. The highest BCUT2D eigenvalue weighted by Gasteiger charge is 2.29. The maximum absolute atomic E-state index is 11.9. The lowest BCUT2D eigenvalue weighted by Crippen LogP contribution is -2.24. The van der Waals surface area contributed by atoms with Crippen LogP contribution in [0.15, 0.2) is 18.2 Å². The van der Waals surface area contributed by atoms with Gasteiger partial charge in [0.15, 0.2) is 0 Å². The van der Waals surface area contributed by atoms with Gasteiger partial charge in [0, 0.05) is 23.1 Å². The molecule has 3 heteroatoms. The summed E-state index contributed by atoms with van der Waals surface area (Å²) in [5.41, 5.74) is 5.38. The van der Waals surface area contributed by atoms with Gasteiger partial charge in [0.2, 0.25) is 0 Å². The van der Waals surface area contributed by atoms with Gasteiger partial charge in [0.1, 0.15) is 0 Å². The zero-order valence-corrected chi connectivity index (χ0v) is 14.0. The first-order valence-corrected chi connectivity index (χ1v) is 8.19. The number of hydrogen-bond donors (Lipinski definition) is 0. The SMILES string of the molecule is COC(=O)C1CCc2c(c3cc(C)ccc3n2CC(C)C)C1. The highest BCUT2D eigenvalue weighted by molar-refractivity contribution is 5.87. The van der Waals surface area contributed by atoms with Gasteiger partial charge in [-0.3, -0.25) is 4.79 Å². The smallest absolute Gasteiger partial charge is 0.309 e. The van der Waals surface area contributed by atoms with Crippen molar-refractivity contribution in [1.82, 2.24) is 4.57 Å². The predicted molar refractivity (Wildman–Crippen MR) is 89.0 cm³/mol. The van der Waals surface area contributed by atoms with E-state index in [2.05, 4.69) is 43.5 Å². The van der Waals surface area contributed by atoms with Gasteiger partial charge in [-0.05, 0) is 49.8 Å². The number of rotatable bonds is 3. The lowest BCUT2D eigenvalue weighted by Gasteiger charge is -2.22. The Labute approximate surface area is 132 Å². The van der Waals surface area contributed by atoms with Crippen LogP contribution in [0.1, 0.15) is 37.1 Å². The van der Waals surface area contributed by atoms with Crippen LogP contribution in [0.2, 0.25) is 0 Å². The average Bonchev–Trinajstić information content (AvgIpc) is 2.79. The third-order valence-corrected chi connectivity index (χ3v) is 4.70. The van der Waals surface area contributed by atoms with E-state index < -0.39 is 0 Å². The summed E-state index contributed by atoms with van der Waals surface area (Å²) in [6, 6.07) is 6.69. The molecule has 0 spiro atoms. The Morgan fingerprint density at radius 3 is 2.86 bits per heavy atom. The number of ether oxygens (including phenoxy) is 1. The van der Waals surface area contributed by atoms with Crippen molar-refractivity contribution in [2.45, 2.75) is 46.6 Å². The third kappa shape index (κ3) is 2.53. The number of fused-ring (bicyclic) bond motifs is 3. The van der Waals surface area contributed by atoms with Crippen LogP contribution in [0.5, 0.6) is 0 Å². The number of nitrogens with zero attached hydrogens (tertiary/aromatic N) is 1. The Morgan fingerprint density at radius 2 is 2.18 bits per heavy atom. The summed E-state index contributed by atoms with van der Waals surface area (Å²) in [5, 5.41) is 1.32. The molecule has 0 saturated carbocycles. The van der Waals surface area contributed by atoms with Crippen molar-refractivity contribution < 1.29 is 9.53 Å². The lowest BCUT2D eigenvalue weighted by atomic mass is 9.86.